The van der Waals surface area contributed by atoms with E-state index in [9.17, 15) is 15.0 Å². The molecule has 1 saturated heterocycles. The molecule has 6 nitrogen and oxygen atoms in total. The van der Waals surface area contributed by atoms with Crippen LogP contribution in [0, 0.1) is 0 Å². The molecular weight excluding hydrogens is 250 g/mol. The molecule has 1 aromatic rings. The Morgan fingerprint density at radius 2 is 1.63 bits per heavy atom. The van der Waals surface area contributed by atoms with Gasteiger partial charge in [0.1, 0.15) is 29.3 Å². The topological polar surface area (TPSA) is 79.2 Å². The van der Waals surface area contributed by atoms with Crippen LogP contribution >= 0.6 is 0 Å². The molecule has 0 radical (unpaired) electrons. The molecule has 104 valence electrons. The minimum Gasteiger partial charge on any atom is -0.507 e. The van der Waals surface area contributed by atoms with Crippen LogP contribution in [0.4, 0.5) is 0 Å². The number of carbonyl (C=O) groups excluding carboxylic acids is 1. The summed E-state index contributed by atoms with van der Waals surface area (Å²) in [5, 5.41) is 19.4. The van der Waals surface area contributed by atoms with Crippen molar-refractivity contribution in [2.45, 2.75) is 12.2 Å². The number of carbonyl (C=O) groups is 1. The lowest BCUT2D eigenvalue weighted by Gasteiger charge is -2.17. The summed E-state index contributed by atoms with van der Waals surface area (Å²) >= 11 is 0. The summed E-state index contributed by atoms with van der Waals surface area (Å²) in [4.78, 5) is 13.8. The van der Waals surface area contributed by atoms with Crippen LogP contribution in [0.5, 0.6) is 11.5 Å². The molecule has 1 amide bonds. The number of rotatable bonds is 3. The van der Waals surface area contributed by atoms with Crippen LogP contribution in [0.3, 0.4) is 0 Å². The molecule has 0 spiro atoms. The van der Waals surface area contributed by atoms with Crippen molar-refractivity contribution in [3.05, 3.63) is 23.8 Å². The molecular formula is C13H17NO5. The van der Waals surface area contributed by atoms with Crippen LogP contribution in [0.15, 0.2) is 18.2 Å². The van der Waals surface area contributed by atoms with Crippen molar-refractivity contribution < 1.29 is 24.5 Å². The van der Waals surface area contributed by atoms with E-state index in [2.05, 4.69) is 0 Å². The number of hydrogen-bond acceptors (Lipinski definition) is 5. The van der Waals surface area contributed by atoms with Crippen molar-refractivity contribution in [2.75, 3.05) is 27.3 Å². The van der Waals surface area contributed by atoms with E-state index in [0.717, 1.165) is 0 Å². The average molecular weight is 267 g/mol. The Morgan fingerprint density at radius 1 is 1.16 bits per heavy atom. The summed E-state index contributed by atoms with van der Waals surface area (Å²) in [6.45, 7) is 0.725. The van der Waals surface area contributed by atoms with E-state index in [1.807, 2.05) is 0 Å². The number of aromatic hydroxyl groups is 2. The fraction of sp³-hybridized carbons (Fsp3) is 0.462. The van der Waals surface area contributed by atoms with E-state index < -0.39 is 5.91 Å². The highest BCUT2D eigenvalue weighted by Gasteiger charge is 2.37. The first kappa shape index (κ1) is 13.6. The maximum atomic E-state index is 12.3. The Morgan fingerprint density at radius 3 is 2.05 bits per heavy atom. The first-order valence-corrected chi connectivity index (χ1v) is 5.94. The first-order chi connectivity index (χ1) is 9.08. The molecule has 1 heterocycles. The highest BCUT2D eigenvalue weighted by molar-refractivity contribution is 5.99. The number of benzene rings is 1. The van der Waals surface area contributed by atoms with Crippen molar-refractivity contribution in [1.82, 2.24) is 4.90 Å². The van der Waals surface area contributed by atoms with Gasteiger partial charge in [-0.15, -0.1) is 0 Å². The van der Waals surface area contributed by atoms with Crippen molar-refractivity contribution in [1.29, 1.82) is 0 Å². The van der Waals surface area contributed by atoms with E-state index in [-0.39, 0.29) is 29.3 Å². The summed E-state index contributed by atoms with van der Waals surface area (Å²) in [5.74, 6) is -0.906. The number of ether oxygens (including phenoxy) is 2. The quantitative estimate of drug-likeness (QED) is 0.837. The van der Waals surface area contributed by atoms with Crippen molar-refractivity contribution in [2.24, 2.45) is 0 Å². The molecule has 0 bridgehead atoms. The molecule has 0 saturated carbocycles. The normalized spacial score (nSPS) is 22.7. The van der Waals surface area contributed by atoms with Crippen LogP contribution in [0.1, 0.15) is 10.4 Å². The number of phenols is 2. The third-order valence-electron chi connectivity index (χ3n) is 3.34. The fourth-order valence-corrected chi connectivity index (χ4v) is 2.27. The van der Waals surface area contributed by atoms with Crippen molar-refractivity contribution in [3.8, 4) is 11.5 Å². The highest BCUT2D eigenvalue weighted by atomic mass is 16.5. The maximum absolute atomic E-state index is 12.3. The zero-order valence-corrected chi connectivity index (χ0v) is 10.9. The predicted molar refractivity (Wildman–Crippen MR) is 67.3 cm³/mol. The molecule has 2 atom stereocenters. The number of nitrogens with zero attached hydrogens (tertiary/aromatic N) is 1. The van der Waals surface area contributed by atoms with Gasteiger partial charge in [-0.3, -0.25) is 4.79 Å². The summed E-state index contributed by atoms with van der Waals surface area (Å²) in [7, 11) is 3.12. The molecule has 6 heteroatoms. The van der Waals surface area contributed by atoms with Crippen LogP contribution in [0.25, 0.3) is 0 Å². The second kappa shape index (κ2) is 5.46. The van der Waals surface area contributed by atoms with Gasteiger partial charge in [-0.05, 0) is 12.1 Å². The van der Waals surface area contributed by atoms with Crippen molar-refractivity contribution >= 4 is 5.91 Å². The number of phenolic OH excluding ortho intramolecular Hbond substituents is 2. The summed E-state index contributed by atoms with van der Waals surface area (Å²) in [6.07, 6.45) is -0.413. The Hall–Kier alpha value is -1.79. The number of hydrogen-bond donors (Lipinski definition) is 2. The molecule has 2 N–H and O–H groups in total. The van der Waals surface area contributed by atoms with Gasteiger partial charge >= 0.3 is 0 Å². The Kier molecular flexibility index (Phi) is 3.92. The first-order valence-electron chi connectivity index (χ1n) is 5.94. The minimum absolute atomic E-state index is 0.0888. The van der Waals surface area contributed by atoms with Gasteiger partial charge in [0.25, 0.3) is 5.91 Å². The van der Waals surface area contributed by atoms with Crippen molar-refractivity contribution in [3.63, 3.8) is 0 Å². The zero-order valence-electron chi connectivity index (χ0n) is 10.9. The molecule has 2 unspecified atom stereocenters. The number of methoxy groups -OCH3 is 2. The third kappa shape index (κ3) is 2.50. The van der Waals surface area contributed by atoms with E-state index in [0.29, 0.717) is 13.1 Å². The Balaban J connectivity index is 2.22. The average Bonchev–Trinajstić information content (AvgIpc) is 2.81. The molecule has 0 aliphatic carbocycles. The van der Waals surface area contributed by atoms with Gasteiger partial charge in [0.2, 0.25) is 0 Å². The number of amides is 1. The molecule has 2 rings (SSSR count). The molecule has 1 fully saturated rings. The highest BCUT2D eigenvalue weighted by Crippen LogP contribution is 2.29. The lowest BCUT2D eigenvalue weighted by molar-refractivity contribution is -0.00461. The Bertz CT molecular complexity index is 444. The van der Waals surface area contributed by atoms with Crippen LogP contribution in [-0.4, -0.2) is 60.5 Å². The van der Waals surface area contributed by atoms with E-state index >= 15 is 0 Å². The predicted octanol–water partition coefficient (Wildman–Crippen LogP) is 0.584. The molecule has 0 aromatic heterocycles. The largest absolute Gasteiger partial charge is 0.507 e. The van der Waals surface area contributed by atoms with Crippen LogP contribution in [-0.2, 0) is 9.47 Å². The lowest BCUT2D eigenvalue weighted by atomic mass is 10.1. The standard InChI is InChI=1S/C13H17NO5/c1-18-10-6-14(7-11(10)19-2)13(17)12-8(15)4-3-5-9(12)16/h3-5,10-11,15-16H,6-7H2,1-2H3. The summed E-state index contributed by atoms with van der Waals surface area (Å²) in [6, 6.07) is 4.20. The SMILES string of the molecule is COC1CN(C(=O)c2c(O)cccc2O)CC1OC. The van der Waals surface area contributed by atoms with Crippen LogP contribution in [0.2, 0.25) is 0 Å². The minimum atomic E-state index is -0.433. The van der Waals surface area contributed by atoms with E-state index in [1.54, 1.807) is 14.2 Å². The van der Waals surface area contributed by atoms with E-state index in [1.165, 1.54) is 23.1 Å². The monoisotopic (exact) mass is 267 g/mol. The van der Waals surface area contributed by atoms with E-state index in [4.69, 9.17) is 9.47 Å². The van der Waals surface area contributed by atoms with Gasteiger partial charge in [-0.2, -0.15) is 0 Å². The summed E-state index contributed by atoms with van der Waals surface area (Å²) in [5.41, 5.74) is -0.0888. The van der Waals surface area contributed by atoms with Gasteiger partial charge in [0.05, 0.1) is 0 Å². The molecule has 1 aliphatic heterocycles. The van der Waals surface area contributed by atoms with Gasteiger partial charge < -0.3 is 24.6 Å². The maximum Gasteiger partial charge on any atom is 0.261 e. The number of likely N-dealkylation sites (tertiary alicyclic amines) is 1. The Labute approximate surface area is 111 Å². The van der Waals surface area contributed by atoms with Gasteiger partial charge in [0, 0.05) is 27.3 Å². The third-order valence-corrected chi connectivity index (χ3v) is 3.34. The van der Waals surface area contributed by atoms with Gasteiger partial charge in [-0.1, -0.05) is 6.07 Å². The molecule has 19 heavy (non-hydrogen) atoms. The van der Waals surface area contributed by atoms with Crippen LogP contribution < -0.4 is 0 Å². The fourth-order valence-electron chi connectivity index (χ4n) is 2.27. The lowest BCUT2D eigenvalue weighted by Crippen LogP contribution is -2.30. The second-order valence-corrected chi connectivity index (χ2v) is 4.43. The second-order valence-electron chi connectivity index (χ2n) is 4.43. The smallest absolute Gasteiger partial charge is 0.261 e. The molecule has 1 aromatic carbocycles. The van der Waals surface area contributed by atoms with Gasteiger partial charge in [-0.25, -0.2) is 0 Å². The zero-order chi connectivity index (χ0) is 14.0. The summed E-state index contributed by atoms with van der Waals surface area (Å²) < 4.78 is 10.5. The van der Waals surface area contributed by atoms with Gasteiger partial charge in [0.15, 0.2) is 0 Å². The molecule has 1 aliphatic rings.